The van der Waals surface area contributed by atoms with Gasteiger partial charge in [0.2, 0.25) is 0 Å². The Morgan fingerprint density at radius 2 is 1.76 bits per heavy atom. The predicted octanol–water partition coefficient (Wildman–Crippen LogP) is 4.38. The molecule has 132 valence electrons. The van der Waals surface area contributed by atoms with Crippen LogP contribution in [0.2, 0.25) is 0 Å². The molecule has 0 bridgehead atoms. The summed E-state index contributed by atoms with van der Waals surface area (Å²) in [5.41, 5.74) is 10.0. The average molecular weight is 356 g/mol. The Balaban J connectivity index is 1.93. The molecule has 0 spiro atoms. The van der Waals surface area contributed by atoms with E-state index in [1.165, 1.54) is 29.1 Å². The molecular formula is C20H24N2O2S. The molecule has 0 aliphatic heterocycles. The van der Waals surface area contributed by atoms with Crippen molar-refractivity contribution in [2.45, 2.75) is 52.4 Å². The van der Waals surface area contributed by atoms with Crippen LogP contribution in [-0.4, -0.2) is 11.8 Å². The molecule has 3 rings (SSSR count). The third-order valence-corrected chi connectivity index (χ3v) is 6.12. The summed E-state index contributed by atoms with van der Waals surface area (Å²) < 4.78 is 0. The highest BCUT2D eigenvalue weighted by Crippen LogP contribution is 2.37. The van der Waals surface area contributed by atoms with Gasteiger partial charge in [0.25, 0.3) is 11.8 Å². The summed E-state index contributed by atoms with van der Waals surface area (Å²) >= 11 is 1.51. The third-order valence-electron chi connectivity index (χ3n) is 4.91. The van der Waals surface area contributed by atoms with Gasteiger partial charge in [-0.2, -0.15) is 0 Å². The van der Waals surface area contributed by atoms with Crippen molar-refractivity contribution in [2.75, 3.05) is 5.32 Å². The first-order valence-corrected chi connectivity index (χ1v) is 9.62. The van der Waals surface area contributed by atoms with Crippen LogP contribution in [0.5, 0.6) is 0 Å². The normalized spacial score (nSPS) is 14.3. The topological polar surface area (TPSA) is 72.2 Å². The van der Waals surface area contributed by atoms with Crippen molar-refractivity contribution in [3.63, 3.8) is 0 Å². The molecule has 1 heterocycles. The van der Waals surface area contributed by atoms with Gasteiger partial charge in [-0.3, -0.25) is 9.59 Å². The van der Waals surface area contributed by atoms with E-state index in [4.69, 9.17) is 5.73 Å². The minimum atomic E-state index is -0.450. The van der Waals surface area contributed by atoms with E-state index >= 15 is 0 Å². The first-order chi connectivity index (χ1) is 12.0. The maximum Gasteiger partial charge on any atom is 0.256 e. The summed E-state index contributed by atoms with van der Waals surface area (Å²) in [7, 11) is 0. The van der Waals surface area contributed by atoms with Crippen molar-refractivity contribution in [3.05, 3.63) is 50.9 Å². The largest absolute Gasteiger partial charge is 0.365 e. The number of carbonyl (C=O) groups is 2. The Morgan fingerprint density at radius 1 is 1.04 bits per heavy atom. The molecule has 0 saturated heterocycles. The van der Waals surface area contributed by atoms with Crippen molar-refractivity contribution in [3.8, 4) is 0 Å². The molecule has 1 aliphatic rings. The molecule has 1 aliphatic carbocycles. The fourth-order valence-corrected chi connectivity index (χ4v) is 4.62. The van der Waals surface area contributed by atoms with E-state index in [2.05, 4.69) is 5.32 Å². The van der Waals surface area contributed by atoms with Gasteiger partial charge in [0.05, 0.1) is 5.56 Å². The Morgan fingerprint density at radius 3 is 2.44 bits per heavy atom. The lowest BCUT2D eigenvalue weighted by atomic mass is 9.96. The fraction of sp³-hybridized carbons (Fsp3) is 0.400. The number of benzene rings is 1. The number of hydrogen-bond acceptors (Lipinski definition) is 3. The minimum absolute atomic E-state index is 0.195. The van der Waals surface area contributed by atoms with E-state index in [0.29, 0.717) is 16.1 Å². The highest BCUT2D eigenvalue weighted by Gasteiger charge is 2.24. The van der Waals surface area contributed by atoms with Crippen molar-refractivity contribution in [1.82, 2.24) is 0 Å². The highest BCUT2D eigenvalue weighted by molar-refractivity contribution is 7.17. The van der Waals surface area contributed by atoms with Crippen molar-refractivity contribution >= 4 is 28.2 Å². The number of rotatable bonds is 3. The van der Waals surface area contributed by atoms with Crippen LogP contribution < -0.4 is 11.1 Å². The van der Waals surface area contributed by atoms with Crippen LogP contribution in [-0.2, 0) is 12.8 Å². The summed E-state index contributed by atoms with van der Waals surface area (Å²) in [6, 6.07) is 5.62. The Kier molecular flexibility index (Phi) is 5.23. The van der Waals surface area contributed by atoms with E-state index in [9.17, 15) is 9.59 Å². The van der Waals surface area contributed by atoms with Gasteiger partial charge in [-0.15, -0.1) is 11.3 Å². The number of anilines is 1. The molecule has 0 radical (unpaired) electrons. The van der Waals surface area contributed by atoms with Gasteiger partial charge in [-0.1, -0.05) is 18.9 Å². The van der Waals surface area contributed by atoms with Gasteiger partial charge < -0.3 is 11.1 Å². The van der Waals surface area contributed by atoms with Crippen molar-refractivity contribution < 1.29 is 9.59 Å². The number of carbonyl (C=O) groups excluding carboxylic acids is 2. The first-order valence-electron chi connectivity index (χ1n) is 8.80. The quantitative estimate of drug-likeness (QED) is 0.857. The SMILES string of the molecule is Cc1ccc(C(=O)Nc2sc3c(c2C(N)=O)CCCCCC3)cc1C. The van der Waals surface area contributed by atoms with Crippen LogP contribution in [0.25, 0.3) is 0 Å². The van der Waals surface area contributed by atoms with Crippen molar-refractivity contribution in [1.29, 1.82) is 0 Å². The fourth-order valence-electron chi connectivity index (χ4n) is 3.33. The zero-order valence-electron chi connectivity index (χ0n) is 14.8. The predicted molar refractivity (Wildman–Crippen MR) is 103 cm³/mol. The zero-order chi connectivity index (χ0) is 18.0. The molecule has 0 saturated carbocycles. The van der Waals surface area contributed by atoms with Gasteiger partial charge >= 0.3 is 0 Å². The van der Waals surface area contributed by atoms with Gasteiger partial charge in [-0.25, -0.2) is 0 Å². The molecule has 3 N–H and O–H groups in total. The second-order valence-electron chi connectivity index (χ2n) is 6.74. The van der Waals surface area contributed by atoms with E-state index in [1.54, 1.807) is 0 Å². The molecule has 5 heteroatoms. The van der Waals surface area contributed by atoms with Gasteiger partial charge in [0.15, 0.2) is 0 Å². The Bertz CT molecular complexity index is 823. The third kappa shape index (κ3) is 3.76. The highest BCUT2D eigenvalue weighted by atomic mass is 32.1. The number of aryl methyl sites for hydroxylation is 3. The molecule has 4 nitrogen and oxygen atoms in total. The van der Waals surface area contributed by atoms with Crippen LogP contribution in [0, 0.1) is 13.8 Å². The molecular weight excluding hydrogens is 332 g/mol. The van der Waals surface area contributed by atoms with Crippen LogP contribution in [0.3, 0.4) is 0 Å². The summed E-state index contributed by atoms with van der Waals surface area (Å²) in [6.45, 7) is 4.00. The summed E-state index contributed by atoms with van der Waals surface area (Å²) in [4.78, 5) is 25.9. The van der Waals surface area contributed by atoms with Crippen LogP contribution >= 0.6 is 11.3 Å². The van der Waals surface area contributed by atoms with Gasteiger partial charge in [0.1, 0.15) is 5.00 Å². The molecule has 1 aromatic heterocycles. The maximum absolute atomic E-state index is 12.6. The molecule has 1 aromatic carbocycles. The zero-order valence-corrected chi connectivity index (χ0v) is 15.6. The smallest absolute Gasteiger partial charge is 0.256 e. The summed E-state index contributed by atoms with van der Waals surface area (Å²) in [5, 5.41) is 3.53. The molecule has 25 heavy (non-hydrogen) atoms. The van der Waals surface area contributed by atoms with Crippen LogP contribution in [0.15, 0.2) is 18.2 Å². The molecule has 2 amide bonds. The number of primary amides is 1. The monoisotopic (exact) mass is 356 g/mol. The van der Waals surface area contributed by atoms with E-state index in [1.807, 2.05) is 32.0 Å². The number of nitrogens with two attached hydrogens (primary N) is 1. The van der Waals surface area contributed by atoms with Crippen LogP contribution in [0.1, 0.15) is 68.0 Å². The minimum Gasteiger partial charge on any atom is -0.365 e. The van der Waals surface area contributed by atoms with Crippen molar-refractivity contribution in [2.24, 2.45) is 5.73 Å². The second kappa shape index (κ2) is 7.40. The maximum atomic E-state index is 12.6. The van der Waals surface area contributed by atoms with E-state index in [0.717, 1.165) is 42.4 Å². The molecule has 2 aromatic rings. The molecule has 0 fully saturated rings. The Labute approximate surface area is 152 Å². The number of fused-ring (bicyclic) bond motifs is 1. The van der Waals surface area contributed by atoms with E-state index < -0.39 is 5.91 Å². The van der Waals surface area contributed by atoms with Gasteiger partial charge in [0, 0.05) is 10.4 Å². The molecule has 0 unspecified atom stereocenters. The lowest BCUT2D eigenvalue weighted by molar-refractivity contribution is 0.100. The van der Waals surface area contributed by atoms with Crippen LogP contribution in [0.4, 0.5) is 5.00 Å². The summed E-state index contributed by atoms with van der Waals surface area (Å²) in [6.07, 6.45) is 6.40. The number of hydrogen-bond donors (Lipinski definition) is 2. The number of nitrogens with one attached hydrogen (secondary N) is 1. The average Bonchev–Trinajstić information content (AvgIpc) is 2.86. The standard InChI is InChI=1S/C20H24N2O2S/c1-12-9-10-14(11-13(12)2)19(24)22-20-17(18(21)23)15-7-5-3-4-6-8-16(15)25-20/h9-11H,3-8H2,1-2H3,(H2,21,23)(H,22,24). The number of amides is 2. The van der Waals surface area contributed by atoms with Gasteiger partial charge in [-0.05, 0) is 68.4 Å². The number of thiophene rings is 1. The molecule has 0 atom stereocenters. The summed E-state index contributed by atoms with van der Waals surface area (Å²) in [5.74, 6) is -0.645. The second-order valence-corrected chi connectivity index (χ2v) is 7.84. The Hall–Kier alpha value is -2.14. The lowest BCUT2D eigenvalue weighted by Crippen LogP contribution is -2.18. The lowest BCUT2D eigenvalue weighted by Gasteiger charge is -2.10. The van der Waals surface area contributed by atoms with E-state index in [-0.39, 0.29) is 5.91 Å². The first kappa shape index (κ1) is 17.7.